The van der Waals surface area contributed by atoms with E-state index in [9.17, 15) is 4.79 Å². The Kier molecular flexibility index (Phi) is 4.88. The molecule has 0 aliphatic heterocycles. The fourth-order valence-electron chi connectivity index (χ4n) is 1.18. The second kappa shape index (κ2) is 6.47. The summed E-state index contributed by atoms with van der Waals surface area (Å²) in [6, 6.07) is 1.66. The normalized spacial score (nSPS) is 9.56. The Morgan fingerprint density at radius 2 is 2.50 bits per heavy atom. The molecule has 16 heavy (non-hydrogen) atoms. The fraction of sp³-hybridized carbons (Fsp3) is 0.556. The minimum Gasteiger partial charge on any atom is -0.351 e. The van der Waals surface area contributed by atoms with E-state index < -0.39 is 0 Å². The first-order chi connectivity index (χ1) is 7.74. The molecule has 0 aromatic carbocycles. The molecule has 0 unspecified atom stereocenters. The van der Waals surface area contributed by atoms with Gasteiger partial charge in [-0.25, -0.2) is 0 Å². The first-order valence-corrected chi connectivity index (χ1v) is 5.02. The van der Waals surface area contributed by atoms with E-state index in [1.807, 2.05) is 0 Å². The summed E-state index contributed by atoms with van der Waals surface area (Å²) >= 11 is 0. The molecule has 0 fully saturated rings. The van der Waals surface area contributed by atoms with Crippen molar-refractivity contribution in [3.05, 3.63) is 28.4 Å². The zero-order valence-electron chi connectivity index (χ0n) is 9.13. The number of nitrogens with one attached hydrogen (secondary N) is 1. The number of carbonyl (C=O) groups excluding carboxylic acids is 1. The average Bonchev–Trinajstić information content (AvgIpc) is 2.70. The summed E-state index contributed by atoms with van der Waals surface area (Å²) in [6.45, 7) is 1.03. The van der Waals surface area contributed by atoms with Crippen LogP contribution in [0.4, 0.5) is 0 Å². The Hall–Kier alpha value is -2.01. The maximum atomic E-state index is 11.5. The summed E-state index contributed by atoms with van der Waals surface area (Å²) in [4.78, 5) is 14.1. The Balaban J connectivity index is 2.18. The molecule has 0 bridgehead atoms. The molecule has 0 aliphatic rings. The largest absolute Gasteiger partial charge is 0.351 e. The number of unbranched alkanes of at least 4 members (excludes halogenated alkanes) is 1. The number of aryl methyl sites for hydroxylation is 1. The minimum absolute atomic E-state index is 0.176. The second-order valence-electron chi connectivity index (χ2n) is 3.29. The van der Waals surface area contributed by atoms with Crippen LogP contribution in [-0.2, 0) is 7.05 Å². The van der Waals surface area contributed by atoms with Crippen molar-refractivity contribution >= 4 is 5.91 Å². The standard InChI is InChI=1S/C9H14N6O/c1-15-7-4-8(13-15)9(16)11-5-2-3-6-12-14-10/h4,7H,2-3,5-6H2,1H3,(H,11,16). The van der Waals surface area contributed by atoms with Crippen LogP contribution >= 0.6 is 0 Å². The van der Waals surface area contributed by atoms with Crippen molar-refractivity contribution < 1.29 is 4.79 Å². The van der Waals surface area contributed by atoms with Crippen molar-refractivity contribution in [2.75, 3.05) is 13.1 Å². The molecule has 1 aromatic rings. The van der Waals surface area contributed by atoms with E-state index in [0.29, 0.717) is 18.8 Å². The molecular weight excluding hydrogens is 208 g/mol. The number of nitrogens with zero attached hydrogens (tertiary/aromatic N) is 5. The third kappa shape index (κ3) is 4.02. The van der Waals surface area contributed by atoms with Gasteiger partial charge in [0.2, 0.25) is 0 Å². The molecule has 1 heterocycles. The van der Waals surface area contributed by atoms with Crippen LogP contribution < -0.4 is 5.32 Å². The van der Waals surface area contributed by atoms with Gasteiger partial charge in [-0.2, -0.15) is 5.10 Å². The predicted octanol–water partition coefficient (Wildman–Crippen LogP) is 1.24. The Labute approximate surface area is 93.1 Å². The Morgan fingerprint density at radius 3 is 3.12 bits per heavy atom. The molecule has 1 N–H and O–H groups in total. The number of amides is 1. The maximum Gasteiger partial charge on any atom is 0.271 e. The SMILES string of the molecule is Cn1ccc(C(=O)NCCCCN=[N+]=[N-])n1. The molecule has 1 amide bonds. The molecule has 0 atom stereocenters. The quantitative estimate of drug-likeness (QED) is 0.339. The highest BCUT2D eigenvalue weighted by Gasteiger charge is 2.06. The van der Waals surface area contributed by atoms with Gasteiger partial charge in [0.25, 0.3) is 5.91 Å². The van der Waals surface area contributed by atoms with Crippen LogP contribution in [0.2, 0.25) is 0 Å². The summed E-state index contributed by atoms with van der Waals surface area (Å²) in [7, 11) is 1.76. The zero-order chi connectivity index (χ0) is 11.8. The van der Waals surface area contributed by atoms with E-state index in [4.69, 9.17) is 5.53 Å². The van der Waals surface area contributed by atoms with Crippen LogP contribution in [0, 0.1) is 0 Å². The van der Waals surface area contributed by atoms with Gasteiger partial charge in [-0.15, -0.1) is 0 Å². The van der Waals surface area contributed by atoms with Gasteiger partial charge in [-0.05, 0) is 24.4 Å². The van der Waals surface area contributed by atoms with Crippen molar-refractivity contribution in [3.63, 3.8) is 0 Å². The summed E-state index contributed by atoms with van der Waals surface area (Å²) < 4.78 is 1.58. The summed E-state index contributed by atoms with van der Waals surface area (Å²) in [5.41, 5.74) is 8.45. The number of hydrogen-bond donors (Lipinski definition) is 1. The number of carbonyl (C=O) groups is 1. The monoisotopic (exact) mass is 222 g/mol. The van der Waals surface area contributed by atoms with E-state index in [1.54, 1.807) is 24.0 Å². The second-order valence-corrected chi connectivity index (χ2v) is 3.29. The van der Waals surface area contributed by atoms with E-state index in [-0.39, 0.29) is 5.91 Å². The summed E-state index contributed by atoms with van der Waals surface area (Å²) in [5.74, 6) is -0.176. The van der Waals surface area contributed by atoms with Gasteiger partial charge < -0.3 is 5.32 Å². The topological polar surface area (TPSA) is 95.7 Å². The van der Waals surface area contributed by atoms with Gasteiger partial charge in [-0.3, -0.25) is 9.48 Å². The van der Waals surface area contributed by atoms with Crippen molar-refractivity contribution in [1.29, 1.82) is 0 Å². The molecule has 0 saturated heterocycles. The van der Waals surface area contributed by atoms with Gasteiger partial charge in [-0.1, -0.05) is 5.11 Å². The third-order valence-electron chi connectivity index (χ3n) is 1.98. The highest BCUT2D eigenvalue weighted by molar-refractivity contribution is 5.92. The van der Waals surface area contributed by atoms with Crippen molar-refractivity contribution in [2.24, 2.45) is 12.2 Å². The fourth-order valence-corrected chi connectivity index (χ4v) is 1.18. The molecule has 7 nitrogen and oxygen atoms in total. The van der Waals surface area contributed by atoms with E-state index in [2.05, 4.69) is 20.4 Å². The molecule has 1 aromatic heterocycles. The van der Waals surface area contributed by atoms with Crippen molar-refractivity contribution in [3.8, 4) is 0 Å². The molecule has 0 spiro atoms. The maximum absolute atomic E-state index is 11.5. The van der Waals surface area contributed by atoms with Gasteiger partial charge in [0, 0.05) is 31.2 Å². The number of rotatable bonds is 6. The van der Waals surface area contributed by atoms with Crippen molar-refractivity contribution in [2.45, 2.75) is 12.8 Å². The minimum atomic E-state index is -0.176. The molecule has 0 radical (unpaired) electrons. The first kappa shape index (κ1) is 12.1. The van der Waals surface area contributed by atoms with E-state index in [1.165, 1.54) is 0 Å². The van der Waals surface area contributed by atoms with Crippen LogP contribution in [0.5, 0.6) is 0 Å². The lowest BCUT2D eigenvalue weighted by Gasteiger charge is -2.01. The summed E-state index contributed by atoms with van der Waals surface area (Å²) in [6.07, 6.45) is 3.28. The smallest absolute Gasteiger partial charge is 0.271 e. The lowest BCUT2D eigenvalue weighted by atomic mass is 10.3. The lowest BCUT2D eigenvalue weighted by Crippen LogP contribution is -2.25. The molecule has 1 rings (SSSR count). The Bertz CT molecular complexity index is 392. The number of aromatic nitrogens is 2. The Morgan fingerprint density at radius 1 is 1.69 bits per heavy atom. The van der Waals surface area contributed by atoms with Gasteiger partial charge in [0.15, 0.2) is 0 Å². The van der Waals surface area contributed by atoms with Crippen LogP contribution in [0.15, 0.2) is 17.4 Å². The van der Waals surface area contributed by atoms with Gasteiger partial charge >= 0.3 is 0 Å². The molecule has 7 heteroatoms. The predicted molar refractivity (Wildman–Crippen MR) is 58.8 cm³/mol. The third-order valence-corrected chi connectivity index (χ3v) is 1.98. The van der Waals surface area contributed by atoms with Crippen LogP contribution in [0.3, 0.4) is 0 Å². The highest BCUT2D eigenvalue weighted by atomic mass is 16.1. The number of azide groups is 1. The van der Waals surface area contributed by atoms with Crippen LogP contribution in [0.1, 0.15) is 23.3 Å². The zero-order valence-corrected chi connectivity index (χ0v) is 9.13. The van der Waals surface area contributed by atoms with Crippen LogP contribution in [-0.4, -0.2) is 28.8 Å². The van der Waals surface area contributed by atoms with E-state index in [0.717, 1.165) is 12.8 Å². The number of hydrogen-bond acceptors (Lipinski definition) is 3. The van der Waals surface area contributed by atoms with E-state index >= 15 is 0 Å². The van der Waals surface area contributed by atoms with Gasteiger partial charge in [0.05, 0.1) is 0 Å². The first-order valence-electron chi connectivity index (χ1n) is 5.02. The molecular formula is C9H14N6O. The lowest BCUT2D eigenvalue weighted by molar-refractivity contribution is 0.0947. The van der Waals surface area contributed by atoms with Crippen molar-refractivity contribution in [1.82, 2.24) is 15.1 Å². The summed E-state index contributed by atoms with van der Waals surface area (Å²) in [5, 5.41) is 10.1. The average molecular weight is 222 g/mol. The highest BCUT2D eigenvalue weighted by Crippen LogP contribution is 1.94. The molecule has 0 saturated carbocycles. The van der Waals surface area contributed by atoms with Crippen LogP contribution in [0.25, 0.3) is 10.4 Å². The molecule has 0 aliphatic carbocycles. The molecule has 86 valence electrons. The van der Waals surface area contributed by atoms with Gasteiger partial charge in [0.1, 0.15) is 5.69 Å².